The Morgan fingerprint density at radius 3 is 2.88 bits per heavy atom. The normalized spacial score (nSPS) is 17.3. The van der Waals surface area contributed by atoms with E-state index in [0.29, 0.717) is 6.54 Å². The lowest BCUT2D eigenvalue weighted by Crippen LogP contribution is -2.42. The maximum absolute atomic E-state index is 11.0. The Labute approximate surface area is 101 Å². The molecule has 1 unspecified atom stereocenters. The molecule has 2 rings (SSSR count). The molecule has 17 heavy (non-hydrogen) atoms. The van der Waals surface area contributed by atoms with Crippen LogP contribution in [0.25, 0.3) is 0 Å². The van der Waals surface area contributed by atoms with Crippen molar-refractivity contribution in [3.63, 3.8) is 0 Å². The highest BCUT2D eigenvalue weighted by molar-refractivity contribution is 5.73. The molecule has 92 valence electrons. The van der Waals surface area contributed by atoms with E-state index in [1.807, 2.05) is 17.0 Å². The number of benzene rings is 1. The van der Waals surface area contributed by atoms with Crippen LogP contribution in [0.15, 0.2) is 18.2 Å². The average molecular weight is 235 g/mol. The Kier molecular flexibility index (Phi) is 3.33. The third-order valence-electron chi connectivity index (χ3n) is 3.36. The van der Waals surface area contributed by atoms with Crippen LogP contribution < -0.4 is 4.74 Å². The van der Waals surface area contributed by atoms with E-state index >= 15 is 0 Å². The number of hydrogen-bond donors (Lipinski definition) is 1. The molecule has 0 aliphatic carbocycles. The summed E-state index contributed by atoms with van der Waals surface area (Å²) in [6.07, 6.45) is 0.900. The van der Waals surface area contributed by atoms with Gasteiger partial charge in [-0.25, -0.2) is 0 Å². The van der Waals surface area contributed by atoms with Gasteiger partial charge in [-0.05, 0) is 36.6 Å². The first-order valence-electron chi connectivity index (χ1n) is 5.74. The fourth-order valence-electron chi connectivity index (χ4n) is 2.17. The highest BCUT2D eigenvalue weighted by atomic mass is 16.5. The second-order valence-electron chi connectivity index (χ2n) is 4.37. The number of aliphatic carboxylic acids is 1. The zero-order chi connectivity index (χ0) is 12.4. The first kappa shape index (κ1) is 11.9. The van der Waals surface area contributed by atoms with Crippen molar-refractivity contribution >= 4 is 5.97 Å². The van der Waals surface area contributed by atoms with E-state index in [-0.39, 0.29) is 0 Å². The van der Waals surface area contributed by atoms with Crippen molar-refractivity contribution < 1.29 is 14.6 Å². The summed E-state index contributed by atoms with van der Waals surface area (Å²) in [5.41, 5.74) is 2.46. The molecular formula is C13H17NO3. The Morgan fingerprint density at radius 1 is 1.47 bits per heavy atom. The summed E-state index contributed by atoms with van der Waals surface area (Å²) in [5, 5.41) is 9.02. The topological polar surface area (TPSA) is 49.8 Å². The summed E-state index contributed by atoms with van der Waals surface area (Å²) < 4.78 is 5.19. The summed E-state index contributed by atoms with van der Waals surface area (Å²) >= 11 is 0. The van der Waals surface area contributed by atoms with Crippen molar-refractivity contribution in [1.29, 1.82) is 0 Å². The third kappa shape index (κ3) is 2.42. The van der Waals surface area contributed by atoms with Crippen LogP contribution in [-0.2, 0) is 17.8 Å². The number of carboxylic acids is 1. The summed E-state index contributed by atoms with van der Waals surface area (Å²) in [6.45, 7) is 3.21. The van der Waals surface area contributed by atoms with Gasteiger partial charge in [0.15, 0.2) is 0 Å². The SMILES string of the molecule is COc1ccc2c(c1)CN(C(C)C(=O)O)CC2. The molecule has 1 heterocycles. The molecule has 4 nitrogen and oxygen atoms in total. The van der Waals surface area contributed by atoms with E-state index in [1.54, 1.807) is 14.0 Å². The number of hydrogen-bond acceptors (Lipinski definition) is 3. The minimum Gasteiger partial charge on any atom is -0.497 e. The summed E-state index contributed by atoms with van der Waals surface area (Å²) in [7, 11) is 1.64. The Hall–Kier alpha value is -1.55. The second-order valence-corrected chi connectivity index (χ2v) is 4.37. The number of nitrogens with zero attached hydrogens (tertiary/aromatic N) is 1. The largest absolute Gasteiger partial charge is 0.497 e. The zero-order valence-electron chi connectivity index (χ0n) is 10.1. The van der Waals surface area contributed by atoms with Crippen molar-refractivity contribution in [3.05, 3.63) is 29.3 Å². The van der Waals surface area contributed by atoms with Gasteiger partial charge in [0.25, 0.3) is 0 Å². The van der Waals surface area contributed by atoms with Gasteiger partial charge in [0.05, 0.1) is 7.11 Å². The van der Waals surface area contributed by atoms with E-state index in [0.717, 1.165) is 18.7 Å². The smallest absolute Gasteiger partial charge is 0.320 e. The number of fused-ring (bicyclic) bond motifs is 1. The lowest BCUT2D eigenvalue weighted by Gasteiger charge is -2.31. The highest BCUT2D eigenvalue weighted by Gasteiger charge is 2.24. The Bertz CT molecular complexity index is 431. The highest BCUT2D eigenvalue weighted by Crippen LogP contribution is 2.24. The molecule has 0 spiro atoms. The van der Waals surface area contributed by atoms with Crippen molar-refractivity contribution in [1.82, 2.24) is 4.90 Å². The molecule has 1 N–H and O–H groups in total. The van der Waals surface area contributed by atoms with Gasteiger partial charge < -0.3 is 9.84 Å². The van der Waals surface area contributed by atoms with Gasteiger partial charge in [0, 0.05) is 13.1 Å². The van der Waals surface area contributed by atoms with Crippen LogP contribution >= 0.6 is 0 Å². The minimum atomic E-state index is -0.767. The fraction of sp³-hybridized carbons (Fsp3) is 0.462. The molecule has 0 fully saturated rings. The van der Waals surface area contributed by atoms with Crippen molar-refractivity contribution in [3.8, 4) is 5.75 Å². The Balaban J connectivity index is 2.19. The van der Waals surface area contributed by atoms with Crippen molar-refractivity contribution in [2.75, 3.05) is 13.7 Å². The van der Waals surface area contributed by atoms with Gasteiger partial charge in [-0.3, -0.25) is 9.69 Å². The molecule has 0 aromatic heterocycles. The lowest BCUT2D eigenvalue weighted by atomic mass is 9.98. The number of ether oxygens (including phenoxy) is 1. The van der Waals surface area contributed by atoms with Gasteiger partial charge >= 0.3 is 5.97 Å². The summed E-state index contributed by atoms with van der Waals surface area (Å²) in [4.78, 5) is 12.9. The molecule has 1 aromatic carbocycles. The standard InChI is InChI=1S/C13H17NO3/c1-9(13(15)16)14-6-5-10-3-4-12(17-2)7-11(10)8-14/h3-4,7,9H,5-6,8H2,1-2H3,(H,15,16). The molecule has 0 saturated carbocycles. The maximum atomic E-state index is 11.0. The van der Waals surface area contributed by atoms with E-state index in [4.69, 9.17) is 9.84 Å². The molecule has 0 amide bonds. The molecule has 1 atom stereocenters. The average Bonchev–Trinajstić information content (AvgIpc) is 2.36. The van der Waals surface area contributed by atoms with Crippen LogP contribution in [-0.4, -0.2) is 35.7 Å². The first-order chi connectivity index (χ1) is 8.11. The van der Waals surface area contributed by atoms with Crippen LogP contribution in [0.1, 0.15) is 18.1 Å². The number of methoxy groups -OCH3 is 1. The molecule has 1 aliphatic heterocycles. The monoisotopic (exact) mass is 235 g/mol. The van der Waals surface area contributed by atoms with E-state index < -0.39 is 12.0 Å². The zero-order valence-corrected chi connectivity index (χ0v) is 10.1. The van der Waals surface area contributed by atoms with Gasteiger partial charge in [-0.1, -0.05) is 6.07 Å². The predicted molar refractivity (Wildman–Crippen MR) is 64.2 cm³/mol. The van der Waals surface area contributed by atoms with E-state index in [9.17, 15) is 4.79 Å². The molecule has 0 saturated heterocycles. The van der Waals surface area contributed by atoms with Crippen molar-refractivity contribution in [2.45, 2.75) is 25.9 Å². The van der Waals surface area contributed by atoms with E-state index in [1.165, 1.54) is 11.1 Å². The maximum Gasteiger partial charge on any atom is 0.320 e. The van der Waals surface area contributed by atoms with Crippen LogP contribution in [0.2, 0.25) is 0 Å². The second kappa shape index (κ2) is 4.75. The molecule has 0 bridgehead atoms. The van der Waals surface area contributed by atoms with Crippen LogP contribution in [0.3, 0.4) is 0 Å². The minimum absolute atomic E-state index is 0.436. The lowest BCUT2D eigenvalue weighted by molar-refractivity contribution is -0.143. The van der Waals surface area contributed by atoms with Crippen molar-refractivity contribution in [2.24, 2.45) is 0 Å². The first-order valence-corrected chi connectivity index (χ1v) is 5.74. The molecule has 1 aliphatic rings. The summed E-state index contributed by atoms with van der Waals surface area (Å²) in [6, 6.07) is 5.58. The van der Waals surface area contributed by atoms with Gasteiger partial charge in [0.2, 0.25) is 0 Å². The quantitative estimate of drug-likeness (QED) is 0.863. The van der Waals surface area contributed by atoms with Crippen LogP contribution in [0.5, 0.6) is 5.75 Å². The van der Waals surface area contributed by atoms with Crippen LogP contribution in [0, 0.1) is 0 Å². The number of carboxylic acid groups (broad SMARTS) is 1. The summed E-state index contributed by atoms with van der Waals surface area (Å²) in [5.74, 6) is 0.0601. The number of rotatable bonds is 3. The molecule has 4 heteroatoms. The van der Waals surface area contributed by atoms with Crippen LogP contribution in [0.4, 0.5) is 0 Å². The molecule has 0 radical (unpaired) electrons. The molecular weight excluding hydrogens is 218 g/mol. The van der Waals surface area contributed by atoms with Gasteiger partial charge in [-0.15, -0.1) is 0 Å². The molecule has 1 aromatic rings. The van der Waals surface area contributed by atoms with Gasteiger partial charge in [0.1, 0.15) is 11.8 Å². The van der Waals surface area contributed by atoms with Gasteiger partial charge in [-0.2, -0.15) is 0 Å². The Morgan fingerprint density at radius 2 is 2.24 bits per heavy atom. The number of carbonyl (C=O) groups is 1. The third-order valence-corrected chi connectivity index (χ3v) is 3.36. The predicted octanol–water partition coefficient (Wildman–Crippen LogP) is 1.53. The fourth-order valence-corrected chi connectivity index (χ4v) is 2.17. The van der Waals surface area contributed by atoms with E-state index in [2.05, 4.69) is 6.07 Å².